The van der Waals surface area contributed by atoms with E-state index in [2.05, 4.69) is 10.2 Å². The molecule has 1 aliphatic heterocycles. The zero-order valence-corrected chi connectivity index (χ0v) is 15.2. The van der Waals surface area contributed by atoms with Crippen LogP contribution >= 0.6 is 11.8 Å². The number of benzene rings is 1. The Bertz CT molecular complexity index is 534. The molecule has 1 aromatic rings. The number of nitrogens with one attached hydrogen (secondary N) is 1. The highest BCUT2D eigenvalue weighted by molar-refractivity contribution is 7.99. The second-order valence-corrected chi connectivity index (χ2v) is 8.30. The first-order chi connectivity index (χ1) is 11.7. The lowest BCUT2D eigenvalue weighted by Crippen LogP contribution is -2.59. The second kappa shape index (κ2) is 8.26. The number of nitrogens with two attached hydrogens (primary N) is 1. The smallest absolute Gasteiger partial charge is 0.224 e. The maximum atomic E-state index is 12.4. The molecule has 0 spiro atoms. The van der Waals surface area contributed by atoms with Crippen molar-refractivity contribution in [2.24, 2.45) is 0 Å². The van der Waals surface area contributed by atoms with Crippen molar-refractivity contribution in [2.45, 2.75) is 44.1 Å². The van der Waals surface area contributed by atoms with E-state index in [4.69, 9.17) is 5.73 Å². The predicted molar refractivity (Wildman–Crippen MR) is 102 cm³/mol. The Morgan fingerprint density at radius 3 is 2.46 bits per heavy atom. The fourth-order valence-electron chi connectivity index (χ4n) is 4.00. The standard InChI is InChI=1S/C19H29N3OS/c20-17-6-4-16(5-7-17)14-18(23)21-15-19(8-2-1-3-9-19)22-10-12-24-13-11-22/h4-7H,1-3,8-15,20H2,(H,21,23). The molecule has 0 aromatic heterocycles. The SMILES string of the molecule is Nc1ccc(CC(=O)NCC2(N3CCSCC3)CCCCC2)cc1. The number of rotatable bonds is 5. The van der Waals surface area contributed by atoms with Crippen LogP contribution in [0.1, 0.15) is 37.7 Å². The van der Waals surface area contributed by atoms with Crippen molar-refractivity contribution in [3.8, 4) is 0 Å². The normalized spacial score (nSPS) is 21.3. The molecular formula is C19H29N3OS. The quantitative estimate of drug-likeness (QED) is 0.804. The van der Waals surface area contributed by atoms with Gasteiger partial charge in [0.2, 0.25) is 5.91 Å². The van der Waals surface area contributed by atoms with E-state index in [0.29, 0.717) is 6.42 Å². The van der Waals surface area contributed by atoms with Crippen molar-refractivity contribution >= 4 is 23.4 Å². The molecule has 1 saturated heterocycles. The number of hydrogen-bond donors (Lipinski definition) is 2. The average Bonchev–Trinajstić information content (AvgIpc) is 2.63. The summed E-state index contributed by atoms with van der Waals surface area (Å²) in [6.07, 6.45) is 6.80. The maximum Gasteiger partial charge on any atom is 0.224 e. The van der Waals surface area contributed by atoms with Gasteiger partial charge < -0.3 is 11.1 Å². The minimum Gasteiger partial charge on any atom is -0.399 e. The van der Waals surface area contributed by atoms with Crippen LogP contribution in [0.25, 0.3) is 0 Å². The van der Waals surface area contributed by atoms with Crippen molar-refractivity contribution in [1.82, 2.24) is 10.2 Å². The number of nitrogens with zero attached hydrogens (tertiary/aromatic N) is 1. The van der Waals surface area contributed by atoms with E-state index in [9.17, 15) is 4.79 Å². The first kappa shape index (κ1) is 17.6. The van der Waals surface area contributed by atoms with E-state index in [1.165, 1.54) is 56.7 Å². The molecule has 2 fully saturated rings. The van der Waals surface area contributed by atoms with E-state index < -0.39 is 0 Å². The lowest BCUT2D eigenvalue weighted by molar-refractivity contribution is -0.121. The van der Waals surface area contributed by atoms with E-state index >= 15 is 0 Å². The Hall–Kier alpha value is -1.20. The Balaban J connectivity index is 1.58. The summed E-state index contributed by atoms with van der Waals surface area (Å²) in [4.78, 5) is 15.1. The molecular weight excluding hydrogens is 318 g/mol. The molecule has 0 unspecified atom stereocenters. The molecule has 1 aliphatic carbocycles. The molecule has 1 heterocycles. The number of amides is 1. The number of thioether (sulfide) groups is 1. The molecule has 1 saturated carbocycles. The van der Waals surface area contributed by atoms with Gasteiger partial charge in [0.1, 0.15) is 0 Å². The molecule has 0 atom stereocenters. The molecule has 0 bridgehead atoms. The van der Waals surface area contributed by atoms with Gasteiger partial charge in [0.25, 0.3) is 0 Å². The third-order valence-corrected chi connectivity index (χ3v) is 6.37. The molecule has 2 aliphatic rings. The average molecular weight is 348 g/mol. The molecule has 5 heteroatoms. The molecule has 1 amide bonds. The highest BCUT2D eigenvalue weighted by atomic mass is 32.2. The summed E-state index contributed by atoms with van der Waals surface area (Å²) in [7, 11) is 0. The van der Waals surface area contributed by atoms with Crippen molar-refractivity contribution in [1.29, 1.82) is 0 Å². The number of anilines is 1. The lowest BCUT2D eigenvalue weighted by Gasteiger charge is -2.48. The van der Waals surface area contributed by atoms with Crippen LogP contribution in [-0.2, 0) is 11.2 Å². The molecule has 132 valence electrons. The number of carbonyl (C=O) groups excluding carboxylic acids is 1. The molecule has 24 heavy (non-hydrogen) atoms. The van der Waals surface area contributed by atoms with Crippen molar-refractivity contribution in [3.05, 3.63) is 29.8 Å². The predicted octanol–water partition coefficient (Wildman–Crippen LogP) is 2.68. The van der Waals surface area contributed by atoms with Gasteiger partial charge in [-0.05, 0) is 30.5 Å². The fraction of sp³-hybridized carbons (Fsp3) is 0.632. The molecule has 0 radical (unpaired) electrons. The minimum absolute atomic E-state index is 0.121. The summed E-state index contributed by atoms with van der Waals surface area (Å²) in [5.41, 5.74) is 7.66. The van der Waals surface area contributed by atoms with Gasteiger partial charge in [-0.2, -0.15) is 11.8 Å². The highest BCUT2D eigenvalue weighted by Gasteiger charge is 2.38. The van der Waals surface area contributed by atoms with Gasteiger partial charge in [-0.3, -0.25) is 9.69 Å². The van der Waals surface area contributed by atoms with Crippen LogP contribution in [0, 0.1) is 0 Å². The molecule has 3 N–H and O–H groups in total. The van der Waals surface area contributed by atoms with Crippen molar-refractivity contribution < 1.29 is 4.79 Å². The molecule has 1 aromatic carbocycles. The van der Waals surface area contributed by atoms with Crippen LogP contribution < -0.4 is 11.1 Å². The monoisotopic (exact) mass is 347 g/mol. The number of nitrogen functional groups attached to an aromatic ring is 1. The summed E-state index contributed by atoms with van der Waals surface area (Å²) < 4.78 is 0. The maximum absolute atomic E-state index is 12.4. The van der Waals surface area contributed by atoms with Gasteiger partial charge >= 0.3 is 0 Å². The van der Waals surface area contributed by atoms with Gasteiger partial charge in [0.15, 0.2) is 0 Å². The largest absolute Gasteiger partial charge is 0.399 e. The minimum atomic E-state index is 0.121. The zero-order valence-electron chi connectivity index (χ0n) is 14.4. The summed E-state index contributed by atoms with van der Waals surface area (Å²) >= 11 is 2.05. The summed E-state index contributed by atoms with van der Waals surface area (Å²) in [5.74, 6) is 2.57. The van der Waals surface area contributed by atoms with Crippen LogP contribution in [0.2, 0.25) is 0 Å². The first-order valence-electron chi connectivity index (χ1n) is 9.12. The van der Waals surface area contributed by atoms with Crippen LogP contribution in [0.5, 0.6) is 0 Å². The summed E-state index contributed by atoms with van der Waals surface area (Å²) in [6, 6.07) is 7.59. The number of carbonyl (C=O) groups is 1. The van der Waals surface area contributed by atoms with E-state index in [1.54, 1.807) is 0 Å². The molecule has 3 rings (SSSR count). The van der Waals surface area contributed by atoms with Crippen molar-refractivity contribution in [2.75, 3.05) is 36.9 Å². The van der Waals surface area contributed by atoms with Gasteiger partial charge in [-0.15, -0.1) is 0 Å². The van der Waals surface area contributed by atoms with Crippen molar-refractivity contribution in [3.63, 3.8) is 0 Å². The summed E-state index contributed by atoms with van der Waals surface area (Å²) in [6.45, 7) is 3.13. The Morgan fingerprint density at radius 2 is 1.79 bits per heavy atom. The van der Waals surface area contributed by atoms with Crippen LogP contribution in [0.3, 0.4) is 0 Å². The van der Waals surface area contributed by atoms with Gasteiger partial charge in [-0.25, -0.2) is 0 Å². The highest BCUT2D eigenvalue weighted by Crippen LogP contribution is 2.34. The van der Waals surface area contributed by atoms with Crippen LogP contribution in [-0.4, -0.2) is 47.5 Å². The zero-order chi connectivity index (χ0) is 16.8. The van der Waals surface area contributed by atoms with E-state index in [1.807, 2.05) is 36.0 Å². The summed E-state index contributed by atoms with van der Waals surface area (Å²) in [5, 5.41) is 3.23. The molecule has 4 nitrogen and oxygen atoms in total. The lowest BCUT2D eigenvalue weighted by atomic mass is 9.80. The van der Waals surface area contributed by atoms with Crippen LogP contribution in [0.15, 0.2) is 24.3 Å². The van der Waals surface area contributed by atoms with Gasteiger partial charge in [-0.1, -0.05) is 31.4 Å². The Morgan fingerprint density at radius 1 is 1.12 bits per heavy atom. The van der Waals surface area contributed by atoms with Gasteiger partial charge in [0.05, 0.1) is 6.42 Å². The second-order valence-electron chi connectivity index (χ2n) is 7.08. The fourth-order valence-corrected chi connectivity index (χ4v) is 4.90. The van der Waals surface area contributed by atoms with E-state index in [-0.39, 0.29) is 11.4 Å². The first-order valence-corrected chi connectivity index (χ1v) is 10.3. The Kier molecular flexibility index (Phi) is 6.06. The Labute approximate surface area is 149 Å². The topological polar surface area (TPSA) is 58.4 Å². The third kappa shape index (κ3) is 4.45. The number of hydrogen-bond acceptors (Lipinski definition) is 4. The third-order valence-electron chi connectivity index (χ3n) is 5.43. The van der Waals surface area contributed by atoms with Gasteiger partial charge in [0, 0.05) is 42.4 Å². The van der Waals surface area contributed by atoms with Crippen LogP contribution in [0.4, 0.5) is 5.69 Å². The van der Waals surface area contributed by atoms with E-state index in [0.717, 1.165) is 17.8 Å².